The molecule has 3 rings (SSSR count). The van der Waals surface area contributed by atoms with E-state index in [4.69, 9.17) is 18.9 Å². The molecule has 2 heterocycles. The van der Waals surface area contributed by atoms with Crippen LogP contribution in [0.2, 0.25) is 0 Å². The third-order valence-corrected chi connectivity index (χ3v) is 6.33. The molecule has 7 heteroatoms. The number of esters is 1. The maximum Gasteiger partial charge on any atom is 0.309 e. The molecule has 3 unspecified atom stereocenters. The Balaban J connectivity index is 1.56. The first-order valence-electron chi connectivity index (χ1n) is 10.7. The fourth-order valence-electron chi connectivity index (χ4n) is 3.61. The Morgan fingerprint density at radius 2 is 2.10 bits per heavy atom. The van der Waals surface area contributed by atoms with Crippen LogP contribution in [0.25, 0.3) is 10.4 Å². The molecule has 3 atom stereocenters. The van der Waals surface area contributed by atoms with Crippen LogP contribution in [-0.4, -0.2) is 50.2 Å². The number of hydrogen-bond donors (Lipinski definition) is 1. The summed E-state index contributed by atoms with van der Waals surface area (Å²) in [5.41, 5.74) is 2.01. The van der Waals surface area contributed by atoms with Gasteiger partial charge in [0, 0.05) is 37.0 Å². The molecule has 1 saturated heterocycles. The Morgan fingerprint density at radius 3 is 2.77 bits per heavy atom. The summed E-state index contributed by atoms with van der Waals surface area (Å²) < 4.78 is 22.2. The van der Waals surface area contributed by atoms with Crippen LogP contribution in [0, 0.1) is 11.8 Å². The number of hydrogen-bond acceptors (Lipinski definition) is 7. The topological polar surface area (TPSA) is 74.2 Å². The Labute approximate surface area is 188 Å². The molecule has 0 bridgehead atoms. The van der Waals surface area contributed by atoms with E-state index in [1.165, 1.54) is 0 Å². The lowest BCUT2D eigenvalue weighted by molar-refractivity contribution is -0.150. The molecule has 1 aliphatic rings. The maximum absolute atomic E-state index is 11.9. The molecule has 170 valence electrons. The average molecular weight is 449 g/mol. The van der Waals surface area contributed by atoms with Gasteiger partial charge in [-0.25, -0.2) is 0 Å². The van der Waals surface area contributed by atoms with Crippen molar-refractivity contribution in [3.8, 4) is 16.2 Å². The smallest absolute Gasteiger partial charge is 0.309 e. The Bertz CT molecular complexity index is 819. The SMILES string of the molecule is COCCCOc1cc(COCC(O)C2CC(C(C)C)C(=O)O2)ccc1-c1cccs1. The van der Waals surface area contributed by atoms with Gasteiger partial charge in [-0.15, -0.1) is 11.3 Å². The van der Waals surface area contributed by atoms with Gasteiger partial charge in [-0.3, -0.25) is 4.79 Å². The number of benzene rings is 1. The zero-order valence-corrected chi connectivity index (χ0v) is 19.2. The van der Waals surface area contributed by atoms with Gasteiger partial charge in [0.1, 0.15) is 18.0 Å². The van der Waals surface area contributed by atoms with Crippen molar-refractivity contribution in [3.05, 3.63) is 41.3 Å². The van der Waals surface area contributed by atoms with Crippen LogP contribution >= 0.6 is 11.3 Å². The lowest BCUT2D eigenvalue weighted by Gasteiger charge is -2.18. The molecule has 0 amide bonds. The first kappa shape index (κ1) is 23.7. The van der Waals surface area contributed by atoms with Crippen molar-refractivity contribution < 1.29 is 28.8 Å². The lowest BCUT2D eigenvalue weighted by Crippen LogP contribution is -2.30. The largest absolute Gasteiger partial charge is 0.493 e. The number of cyclic esters (lactones) is 1. The summed E-state index contributed by atoms with van der Waals surface area (Å²) >= 11 is 1.67. The molecule has 6 nitrogen and oxygen atoms in total. The van der Waals surface area contributed by atoms with Crippen LogP contribution in [0.3, 0.4) is 0 Å². The number of thiophene rings is 1. The van der Waals surface area contributed by atoms with E-state index in [1.807, 2.05) is 43.5 Å². The summed E-state index contributed by atoms with van der Waals surface area (Å²) in [7, 11) is 1.68. The molecule has 31 heavy (non-hydrogen) atoms. The highest BCUT2D eigenvalue weighted by molar-refractivity contribution is 7.13. The van der Waals surface area contributed by atoms with Crippen LogP contribution in [0.15, 0.2) is 35.7 Å². The summed E-state index contributed by atoms with van der Waals surface area (Å²) in [6.45, 7) is 5.65. The van der Waals surface area contributed by atoms with Crippen molar-refractivity contribution in [2.75, 3.05) is 26.9 Å². The Hall–Kier alpha value is -1.93. The zero-order chi connectivity index (χ0) is 22.2. The number of aliphatic hydroxyl groups is 1. The number of methoxy groups -OCH3 is 1. The molecule has 0 radical (unpaired) electrons. The summed E-state index contributed by atoms with van der Waals surface area (Å²) in [5.74, 6) is 0.639. The van der Waals surface area contributed by atoms with E-state index in [-0.39, 0.29) is 24.4 Å². The summed E-state index contributed by atoms with van der Waals surface area (Å²) in [5, 5.41) is 12.4. The summed E-state index contributed by atoms with van der Waals surface area (Å²) in [6.07, 6.45) is 0.0180. The van der Waals surface area contributed by atoms with Crippen molar-refractivity contribution >= 4 is 17.3 Å². The molecular weight excluding hydrogens is 416 g/mol. The molecule has 1 aromatic heterocycles. The average Bonchev–Trinajstić information content (AvgIpc) is 3.41. The van der Waals surface area contributed by atoms with Crippen molar-refractivity contribution in [1.29, 1.82) is 0 Å². The van der Waals surface area contributed by atoms with E-state index in [2.05, 4.69) is 6.07 Å². The highest BCUT2D eigenvalue weighted by Gasteiger charge is 2.39. The van der Waals surface area contributed by atoms with Gasteiger partial charge in [-0.1, -0.05) is 26.0 Å². The van der Waals surface area contributed by atoms with Crippen LogP contribution in [0.5, 0.6) is 5.75 Å². The standard InChI is InChI=1S/C24H32O6S/c1-16(2)19-13-22(30-24(19)26)20(25)15-28-14-17-7-8-18(23-6-4-11-31-23)21(12-17)29-10-5-9-27-3/h4,6-8,11-12,16,19-20,22,25H,5,9-10,13-15H2,1-3H3. The number of ether oxygens (including phenoxy) is 4. The third-order valence-electron chi connectivity index (χ3n) is 5.43. The molecule has 0 aliphatic carbocycles. The number of aliphatic hydroxyl groups excluding tert-OH is 1. The van der Waals surface area contributed by atoms with E-state index >= 15 is 0 Å². The van der Waals surface area contributed by atoms with Gasteiger partial charge < -0.3 is 24.1 Å². The van der Waals surface area contributed by atoms with E-state index in [9.17, 15) is 9.90 Å². The fourth-order valence-corrected chi connectivity index (χ4v) is 4.37. The predicted molar refractivity (Wildman–Crippen MR) is 120 cm³/mol. The quantitative estimate of drug-likeness (QED) is 0.386. The normalized spacial score (nSPS) is 19.6. The van der Waals surface area contributed by atoms with E-state index in [0.29, 0.717) is 26.2 Å². The van der Waals surface area contributed by atoms with Crippen LogP contribution in [0.1, 0.15) is 32.3 Å². The van der Waals surface area contributed by atoms with Gasteiger partial charge in [0.05, 0.1) is 25.7 Å². The van der Waals surface area contributed by atoms with Gasteiger partial charge >= 0.3 is 5.97 Å². The number of carbonyl (C=O) groups is 1. The first-order chi connectivity index (χ1) is 15.0. The van der Waals surface area contributed by atoms with E-state index in [0.717, 1.165) is 28.2 Å². The van der Waals surface area contributed by atoms with Crippen molar-refractivity contribution in [2.45, 2.75) is 45.5 Å². The van der Waals surface area contributed by atoms with Gasteiger partial charge in [0.2, 0.25) is 0 Å². The Morgan fingerprint density at radius 1 is 1.26 bits per heavy atom. The monoisotopic (exact) mass is 448 g/mol. The second-order valence-electron chi connectivity index (χ2n) is 8.15. The van der Waals surface area contributed by atoms with Gasteiger partial charge in [-0.2, -0.15) is 0 Å². The van der Waals surface area contributed by atoms with Crippen molar-refractivity contribution in [1.82, 2.24) is 0 Å². The molecule has 0 saturated carbocycles. The Kier molecular flexibility index (Phi) is 8.90. The van der Waals surface area contributed by atoms with Gasteiger partial charge in [-0.05, 0) is 35.1 Å². The summed E-state index contributed by atoms with van der Waals surface area (Å²) in [6, 6.07) is 10.1. The molecular formula is C24H32O6S. The number of carbonyl (C=O) groups excluding carboxylic acids is 1. The minimum Gasteiger partial charge on any atom is -0.493 e. The van der Waals surface area contributed by atoms with Crippen LogP contribution in [0.4, 0.5) is 0 Å². The molecule has 2 aromatic rings. The molecule has 1 N–H and O–H groups in total. The second kappa shape index (κ2) is 11.6. The first-order valence-corrected chi connectivity index (χ1v) is 11.6. The number of rotatable bonds is 12. The van der Waals surface area contributed by atoms with Crippen molar-refractivity contribution in [2.24, 2.45) is 11.8 Å². The third kappa shape index (κ3) is 6.53. The van der Waals surface area contributed by atoms with Crippen molar-refractivity contribution in [3.63, 3.8) is 0 Å². The zero-order valence-electron chi connectivity index (χ0n) is 18.4. The second-order valence-corrected chi connectivity index (χ2v) is 9.09. The predicted octanol–water partition coefficient (Wildman–Crippen LogP) is 4.30. The lowest BCUT2D eigenvalue weighted by atomic mass is 9.91. The highest BCUT2D eigenvalue weighted by Crippen LogP contribution is 2.34. The van der Waals surface area contributed by atoms with Gasteiger partial charge in [0.15, 0.2) is 0 Å². The van der Waals surface area contributed by atoms with E-state index < -0.39 is 12.2 Å². The van der Waals surface area contributed by atoms with Crippen LogP contribution < -0.4 is 4.74 Å². The fraction of sp³-hybridized carbons (Fsp3) is 0.542. The molecule has 1 fully saturated rings. The minimum absolute atomic E-state index is 0.111. The molecule has 0 spiro atoms. The molecule has 1 aliphatic heterocycles. The minimum atomic E-state index is -0.831. The summed E-state index contributed by atoms with van der Waals surface area (Å²) in [4.78, 5) is 13.1. The highest BCUT2D eigenvalue weighted by atomic mass is 32.1. The maximum atomic E-state index is 11.9. The van der Waals surface area contributed by atoms with Crippen LogP contribution in [-0.2, 0) is 25.6 Å². The van der Waals surface area contributed by atoms with Gasteiger partial charge in [0.25, 0.3) is 0 Å². The van der Waals surface area contributed by atoms with E-state index in [1.54, 1.807) is 18.4 Å². The molecule has 1 aromatic carbocycles.